The predicted molar refractivity (Wildman–Crippen MR) is 183 cm³/mol. The van der Waals surface area contributed by atoms with Crippen LogP contribution in [0.5, 0.6) is 0 Å². The third kappa shape index (κ3) is 7.59. The normalized spacial score (nSPS) is 23.0. The molecule has 53 heavy (non-hydrogen) atoms. The quantitative estimate of drug-likeness (QED) is 0.108. The van der Waals surface area contributed by atoms with Gasteiger partial charge >= 0.3 is 0 Å². The van der Waals surface area contributed by atoms with Gasteiger partial charge in [0, 0.05) is 50.5 Å². The lowest BCUT2D eigenvalue weighted by Crippen LogP contribution is -2.50. The van der Waals surface area contributed by atoms with Crippen LogP contribution in [0.15, 0.2) is 72.8 Å². The van der Waals surface area contributed by atoms with E-state index < -0.39 is 52.6 Å². The third-order valence-electron chi connectivity index (χ3n) is 10.4. The SMILES string of the molecule is CC1C(CN2CCC3(CC2)OCCO3)OC(c2ccc(-c3ccccc3CNC(=O)c3c(F)c(F)c(F)c(F)c3F)cc2)OC1c1ccc(CO)cc1. The fourth-order valence-electron chi connectivity index (χ4n) is 7.29. The molecule has 4 atom stereocenters. The van der Waals surface area contributed by atoms with Gasteiger partial charge in [-0.15, -0.1) is 0 Å². The summed E-state index contributed by atoms with van der Waals surface area (Å²) < 4.78 is 94.6. The molecule has 4 aromatic rings. The van der Waals surface area contributed by atoms with Gasteiger partial charge in [-0.05, 0) is 27.8 Å². The number of amides is 1. The molecular formula is C40H39F5N2O6. The molecule has 7 rings (SSSR count). The standard InChI is InChI=1S/C40H39F5N2O6/c1-23-30(21-47-16-14-40(15-17-47)50-18-19-51-40)52-39(53-37(23)26-8-6-24(22-48)7-9-26)27-12-10-25(11-13-27)29-5-3-2-4-28(29)20-46-38(49)31-32(41)34(43)36(45)35(44)33(31)42/h2-13,23,30,37,39,48H,14-22H2,1H3,(H,46,49). The minimum absolute atomic E-state index is 0.00713. The average molecular weight is 739 g/mol. The molecule has 3 heterocycles. The molecule has 0 radical (unpaired) electrons. The van der Waals surface area contributed by atoms with Crippen LogP contribution >= 0.6 is 0 Å². The maximum atomic E-state index is 14.3. The van der Waals surface area contributed by atoms with Crippen molar-refractivity contribution in [2.24, 2.45) is 5.92 Å². The molecule has 3 fully saturated rings. The number of nitrogens with one attached hydrogen (secondary N) is 1. The Morgan fingerprint density at radius 1 is 0.811 bits per heavy atom. The maximum absolute atomic E-state index is 14.3. The highest BCUT2D eigenvalue weighted by Gasteiger charge is 2.43. The third-order valence-corrected chi connectivity index (χ3v) is 10.4. The maximum Gasteiger partial charge on any atom is 0.257 e. The van der Waals surface area contributed by atoms with Crippen LogP contribution in [-0.4, -0.2) is 60.7 Å². The number of benzene rings is 4. The summed E-state index contributed by atoms with van der Waals surface area (Å²) in [5.74, 6) is -13.1. The molecule has 3 aliphatic heterocycles. The van der Waals surface area contributed by atoms with Crippen molar-refractivity contribution in [3.63, 3.8) is 0 Å². The average Bonchev–Trinajstić information content (AvgIpc) is 3.65. The van der Waals surface area contributed by atoms with Crippen LogP contribution in [0.4, 0.5) is 22.0 Å². The lowest BCUT2D eigenvalue weighted by atomic mass is 9.89. The van der Waals surface area contributed by atoms with Gasteiger partial charge < -0.3 is 34.3 Å². The summed E-state index contributed by atoms with van der Waals surface area (Å²) in [5, 5.41) is 11.9. The van der Waals surface area contributed by atoms with Crippen molar-refractivity contribution in [1.29, 1.82) is 0 Å². The van der Waals surface area contributed by atoms with Gasteiger partial charge in [0.15, 0.2) is 35.3 Å². The number of ether oxygens (including phenoxy) is 4. The van der Waals surface area contributed by atoms with Crippen LogP contribution in [0, 0.1) is 35.0 Å². The van der Waals surface area contributed by atoms with Crippen molar-refractivity contribution in [3.8, 4) is 11.1 Å². The number of carbonyl (C=O) groups excluding carboxylic acids is 1. The zero-order valence-electron chi connectivity index (χ0n) is 28.9. The Hall–Kier alpha value is -4.24. The molecule has 0 aromatic heterocycles. The Morgan fingerprint density at radius 2 is 1.42 bits per heavy atom. The highest BCUT2D eigenvalue weighted by Crippen LogP contribution is 2.43. The molecule has 1 amide bonds. The van der Waals surface area contributed by atoms with Crippen LogP contribution in [0.3, 0.4) is 0 Å². The number of nitrogens with zero attached hydrogens (tertiary/aromatic N) is 1. The predicted octanol–water partition coefficient (Wildman–Crippen LogP) is 7.10. The molecule has 13 heteroatoms. The molecular weight excluding hydrogens is 699 g/mol. The number of hydrogen-bond acceptors (Lipinski definition) is 7. The van der Waals surface area contributed by atoms with Gasteiger partial charge in [0.2, 0.25) is 5.82 Å². The number of carbonyl (C=O) groups is 1. The van der Waals surface area contributed by atoms with Crippen molar-refractivity contribution in [3.05, 3.63) is 130 Å². The van der Waals surface area contributed by atoms with E-state index in [2.05, 4.69) is 17.1 Å². The van der Waals surface area contributed by atoms with Crippen LogP contribution in [0.2, 0.25) is 0 Å². The first-order chi connectivity index (χ1) is 25.6. The number of halogens is 5. The number of aliphatic hydroxyl groups excluding tert-OH is 1. The van der Waals surface area contributed by atoms with Gasteiger partial charge in [-0.3, -0.25) is 4.79 Å². The van der Waals surface area contributed by atoms with E-state index in [9.17, 15) is 31.9 Å². The van der Waals surface area contributed by atoms with Gasteiger partial charge in [-0.25, -0.2) is 22.0 Å². The number of piperidine rings is 1. The minimum Gasteiger partial charge on any atom is -0.392 e. The van der Waals surface area contributed by atoms with E-state index in [-0.39, 0.29) is 31.3 Å². The van der Waals surface area contributed by atoms with Gasteiger partial charge in [0.25, 0.3) is 5.91 Å². The van der Waals surface area contributed by atoms with E-state index in [1.54, 1.807) is 24.3 Å². The summed E-state index contributed by atoms with van der Waals surface area (Å²) in [6.45, 7) is 5.33. The topological polar surface area (TPSA) is 89.5 Å². The largest absolute Gasteiger partial charge is 0.392 e. The van der Waals surface area contributed by atoms with Gasteiger partial charge in [-0.2, -0.15) is 0 Å². The van der Waals surface area contributed by atoms with E-state index in [1.165, 1.54) is 0 Å². The van der Waals surface area contributed by atoms with Crippen LogP contribution in [0.25, 0.3) is 11.1 Å². The van der Waals surface area contributed by atoms with Crippen molar-refractivity contribution >= 4 is 5.91 Å². The molecule has 1 spiro atoms. The van der Waals surface area contributed by atoms with Gasteiger partial charge in [-0.1, -0.05) is 79.7 Å². The lowest BCUT2D eigenvalue weighted by molar-refractivity contribution is -0.278. The molecule has 2 N–H and O–H groups in total. The summed E-state index contributed by atoms with van der Waals surface area (Å²) in [7, 11) is 0. The van der Waals surface area contributed by atoms with Crippen LogP contribution in [0.1, 0.15) is 64.8 Å². The molecule has 0 aliphatic carbocycles. The zero-order chi connectivity index (χ0) is 37.3. The molecule has 3 aliphatic rings. The Morgan fingerprint density at radius 3 is 2.06 bits per heavy atom. The van der Waals surface area contributed by atoms with Crippen molar-refractivity contribution in [1.82, 2.24) is 10.2 Å². The number of likely N-dealkylation sites (tertiary alicyclic amines) is 1. The van der Waals surface area contributed by atoms with Crippen molar-refractivity contribution in [2.45, 2.75) is 57.2 Å². The Bertz CT molecular complexity index is 1900. The first kappa shape index (κ1) is 37.1. The molecule has 280 valence electrons. The fraction of sp³-hybridized carbons (Fsp3) is 0.375. The Labute approximate surface area is 303 Å². The molecule has 4 unspecified atom stereocenters. The summed E-state index contributed by atoms with van der Waals surface area (Å²) in [5.41, 5.74) is 2.95. The van der Waals surface area contributed by atoms with Crippen molar-refractivity contribution < 1.29 is 50.8 Å². The first-order valence-corrected chi connectivity index (χ1v) is 17.6. The minimum atomic E-state index is -2.34. The fourth-order valence-corrected chi connectivity index (χ4v) is 7.29. The second-order valence-electron chi connectivity index (χ2n) is 13.6. The zero-order valence-corrected chi connectivity index (χ0v) is 28.9. The van der Waals surface area contributed by atoms with E-state index in [4.69, 9.17) is 18.9 Å². The van der Waals surface area contributed by atoms with Gasteiger partial charge in [0.1, 0.15) is 5.56 Å². The Kier molecular flexibility index (Phi) is 10.9. The lowest BCUT2D eigenvalue weighted by Gasteiger charge is -2.44. The van der Waals surface area contributed by atoms with Gasteiger partial charge in [0.05, 0.1) is 32.0 Å². The smallest absolute Gasteiger partial charge is 0.257 e. The highest BCUT2D eigenvalue weighted by molar-refractivity contribution is 5.95. The molecule has 4 aromatic carbocycles. The summed E-state index contributed by atoms with van der Waals surface area (Å²) in [6, 6.07) is 22.1. The Balaban J connectivity index is 1.09. The van der Waals surface area contributed by atoms with Crippen molar-refractivity contribution in [2.75, 3.05) is 32.8 Å². The van der Waals surface area contributed by atoms with E-state index in [1.807, 2.05) is 48.5 Å². The molecule has 0 bridgehead atoms. The number of aliphatic hydroxyl groups is 1. The second kappa shape index (κ2) is 15.6. The van der Waals surface area contributed by atoms with E-state index >= 15 is 0 Å². The van der Waals surface area contributed by atoms with Crippen LogP contribution in [-0.2, 0) is 32.1 Å². The van der Waals surface area contributed by atoms with E-state index in [0.29, 0.717) is 30.9 Å². The number of rotatable bonds is 9. The van der Waals surface area contributed by atoms with E-state index in [0.717, 1.165) is 48.2 Å². The summed E-state index contributed by atoms with van der Waals surface area (Å²) in [6.07, 6.45) is 0.373. The molecule has 8 nitrogen and oxygen atoms in total. The highest BCUT2D eigenvalue weighted by atomic mass is 19.2. The summed E-state index contributed by atoms with van der Waals surface area (Å²) >= 11 is 0. The number of hydrogen-bond donors (Lipinski definition) is 2. The monoisotopic (exact) mass is 738 g/mol. The van der Waals surface area contributed by atoms with Crippen LogP contribution < -0.4 is 5.32 Å². The first-order valence-electron chi connectivity index (χ1n) is 17.6. The molecule has 0 saturated carbocycles. The second-order valence-corrected chi connectivity index (χ2v) is 13.6. The summed E-state index contributed by atoms with van der Waals surface area (Å²) in [4.78, 5) is 15.0. The molecule has 3 saturated heterocycles.